The molecule has 0 unspecified atom stereocenters. The number of carbonyl (C=O) groups is 1. The van der Waals surface area contributed by atoms with Crippen molar-refractivity contribution in [2.45, 2.75) is 19.0 Å². The van der Waals surface area contributed by atoms with Crippen LogP contribution in [0.2, 0.25) is 5.02 Å². The van der Waals surface area contributed by atoms with E-state index in [-0.39, 0.29) is 18.0 Å². The molecule has 3 rings (SSSR count). The normalized spacial score (nSPS) is 11.5. The van der Waals surface area contributed by atoms with Crippen molar-refractivity contribution >= 4 is 34.0 Å². The lowest BCUT2D eigenvalue weighted by molar-refractivity contribution is -0.140. The summed E-state index contributed by atoms with van der Waals surface area (Å²) < 4.78 is 43.0. The maximum atomic E-state index is 12.5. The summed E-state index contributed by atoms with van der Waals surface area (Å²) in [5, 5.41) is 3.68. The first-order valence-electron chi connectivity index (χ1n) is 7.34. The number of rotatable bonds is 5. The Hall–Kier alpha value is -2.39. The third-order valence-electron chi connectivity index (χ3n) is 3.29. The van der Waals surface area contributed by atoms with Gasteiger partial charge in [-0.1, -0.05) is 11.6 Å². The summed E-state index contributed by atoms with van der Waals surface area (Å²) in [4.78, 5) is 19.3. The molecule has 10 heteroatoms. The number of aryl methyl sites for hydroxylation is 1. The molecule has 1 N–H and O–H groups in total. The van der Waals surface area contributed by atoms with Crippen molar-refractivity contribution in [2.24, 2.45) is 0 Å². The van der Waals surface area contributed by atoms with Gasteiger partial charge in [0.25, 0.3) is 0 Å². The van der Waals surface area contributed by atoms with Gasteiger partial charge in [0.05, 0.1) is 6.20 Å². The van der Waals surface area contributed by atoms with Crippen LogP contribution in [0.4, 0.5) is 18.3 Å². The monoisotopic (exact) mass is 401 g/mol. The highest BCUT2D eigenvalue weighted by Crippen LogP contribution is 2.31. The largest absolute Gasteiger partial charge is 0.441 e. The fraction of sp³-hybridized carbons (Fsp3) is 0.188. The van der Waals surface area contributed by atoms with E-state index in [2.05, 4.69) is 15.3 Å². The smallest absolute Gasteiger partial charge is 0.434 e. The maximum absolute atomic E-state index is 12.5. The van der Waals surface area contributed by atoms with Gasteiger partial charge in [-0.05, 0) is 24.3 Å². The van der Waals surface area contributed by atoms with Crippen LogP contribution in [-0.4, -0.2) is 15.9 Å². The molecule has 3 aromatic rings. The first-order chi connectivity index (χ1) is 12.3. The molecule has 2 heterocycles. The Balaban J connectivity index is 1.55. The summed E-state index contributed by atoms with van der Waals surface area (Å²) in [7, 11) is 0. The maximum Gasteiger partial charge on any atom is 0.434 e. The summed E-state index contributed by atoms with van der Waals surface area (Å²) in [6, 6.07) is 6.99. The minimum absolute atomic E-state index is 0.00149. The van der Waals surface area contributed by atoms with Gasteiger partial charge in [-0.25, -0.2) is 9.97 Å². The van der Waals surface area contributed by atoms with Crippen molar-refractivity contribution in [1.29, 1.82) is 0 Å². The van der Waals surface area contributed by atoms with Crippen LogP contribution < -0.4 is 5.32 Å². The van der Waals surface area contributed by atoms with Gasteiger partial charge in [0.1, 0.15) is 0 Å². The third kappa shape index (κ3) is 4.61. The van der Waals surface area contributed by atoms with Crippen LogP contribution in [0, 0.1) is 0 Å². The molecule has 0 spiro atoms. The molecule has 0 radical (unpaired) electrons. The number of halogens is 4. The first kappa shape index (κ1) is 18.4. The zero-order chi connectivity index (χ0) is 18.7. The van der Waals surface area contributed by atoms with Crippen LogP contribution in [0.15, 0.2) is 40.3 Å². The number of aromatic nitrogens is 2. The zero-order valence-corrected chi connectivity index (χ0v) is 14.6. The van der Waals surface area contributed by atoms with Gasteiger partial charge in [0.15, 0.2) is 22.5 Å². The van der Waals surface area contributed by atoms with E-state index in [1.807, 2.05) is 0 Å². The lowest BCUT2D eigenvalue weighted by Gasteiger charge is -2.01. The van der Waals surface area contributed by atoms with Gasteiger partial charge in [-0.2, -0.15) is 13.2 Å². The van der Waals surface area contributed by atoms with Crippen molar-refractivity contribution in [2.75, 3.05) is 5.32 Å². The molecule has 0 aliphatic heterocycles. The number of carbonyl (C=O) groups excluding carboxylic acids is 1. The number of nitrogens with one attached hydrogen (secondary N) is 1. The van der Waals surface area contributed by atoms with E-state index in [4.69, 9.17) is 16.0 Å². The summed E-state index contributed by atoms with van der Waals surface area (Å²) in [5.74, 6) is 0.409. The van der Waals surface area contributed by atoms with Gasteiger partial charge >= 0.3 is 6.18 Å². The van der Waals surface area contributed by atoms with Crippen LogP contribution in [-0.2, 0) is 17.4 Å². The molecule has 136 valence electrons. The quantitative estimate of drug-likeness (QED) is 0.650. The molecule has 0 aliphatic rings. The second-order valence-corrected chi connectivity index (χ2v) is 6.50. The van der Waals surface area contributed by atoms with Crippen molar-refractivity contribution in [1.82, 2.24) is 9.97 Å². The molecule has 0 bridgehead atoms. The van der Waals surface area contributed by atoms with Gasteiger partial charge in [-0.3, -0.25) is 4.79 Å². The number of oxazole rings is 1. The lowest BCUT2D eigenvalue weighted by atomic mass is 10.2. The molecule has 2 aromatic heterocycles. The lowest BCUT2D eigenvalue weighted by Crippen LogP contribution is -2.13. The minimum atomic E-state index is -4.53. The van der Waals surface area contributed by atoms with Crippen molar-refractivity contribution < 1.29 is 22.4 Å². The Morgan fingerprint density at radius 1 is 1.27 bits per heavy atom. The molecule has 26 heavy (non-hydrogen) atoms. The third-order valence-corrected chi connectivity index (χ3v) is 4.30. The second-order valence-electron chi connectivity index (χ2n) is 5.21. The first-order valence-corrected chi connectivity index (χ1v) is 8.60. The molecule has 0 fully saturated rings. The van der Waals surface area contributed by atoms with E-state index < -0.39 is 17.8 Å². The van der Waals surface area contributed by atoms with E-state index in [0.29, 0.717) is 28.0 Å². The number of benzene rings is 1. The van der Waals surface area contributed by atoms with Crippen molar-refractivity contribution in [3.8, 4) is 11.3 Å². The van der Waals surface area contributed by atoms with Crippen LogP contribution in [0.5, 0.6) is 0 Å². The molecule has 0 saturated heterocycles. The second kappa shape index (κ2) is 7.46. The number of anilines is 1. The fourth-order valence-corrected chi connectivity index (χ4v) is 2.90. The molecule has 0 saturated carbocycles. The number of hydrogen-bond acceptors (Lipinski definition) is 5. The predicted octanol–water partition coefficient (Wildman–Crippen LogP) is 5.04. The SMILES string of the molecule is O=C(CCc1ncc(-c2ccc(Cl)cc2)o1)Nc1nc(C(F)(F)F)cs1. The summed E-state index contributed by atoms with van der Waals surface area (Å²) in [5.41, 5.74) is -0.238. The Morgan fingerprint density at radius 3 is 2.65 bits per heavy atom. The molecular weight excluding hydrogens is 391 g/mol. The van der Waals surface area contributed by atoms with Crippen molar-refractivity contribution in [3.63, 3.8) is 0 Å². The average Bonchev–Trinajstić information content (AvgIpc) is 3.22. The molecule has 1 amide bonds. The molecule has 0 aliphatic carbocycles. The summed E-state index contributed by atoms with van der Waals surface area (Å²) >= 11 is 6.54. The topological polar surface area (TPSA) is 68.0 Å². The van der Waals surface area contributed by atoms with E-state index in [0.717, 1.165) is 10.9 Å². The number of thiazole rings is 1. The number of hydrogen-bond donors (Lipinski definition) is 1. The van der Waals surface area contributed by atoms with Gasteiger partial charge < -0.3 is 9.73 Å². The Kier molecular flexibility index (Phi) is 5.28. The Morgan fingerprint density at radius 2 is 2.00 bits per heavy atom. The standard InChI is InChI=1S/C16H11ClF3N3O2S/c17-10-3-1-9(2-4-10)11-7-21-14(25-11)6-5-13(24)23-15-22-12(8-26-15)16(18,19)20/h1-4,7-8H,5-6H2,(H,22,23,24). The Labute approximate surface area is 154 Å². The highest BCUT2D eigenvalue weighted by molar-refractivity contribution is 7.13. The average molecular weight is 402 g/mol. The number of amides is 1. The van der Waals surface area contributed by atoms with Gasteiger partial charge in [0, 0.05) is 28.8 Å². The Bertz CT molecular complexity index is 906. The number of nitrogens with zero attached hydrogens (tertiary/aromatic N) is 2. The molecule has 0 atom stereocenters. The van der Waals surface area contributed by atoms with Gasteiger partial charge in [0.2, 0.25) is 5.91 Å². The van der Waals surface area contributed by atoms with E-state index in [9.17, 15) is 18.0 Å². The fourth-order valence-electron chi connectivity index (χ4n) is 2.04. The summed E-state index contributed by atoms with van der Waals surface area (Å²) in [6.45, 7) is 0. The van der Waals surface area contributed by atoms with E-state index >= 15 is 0 Å². The highest BCUT2D eigenvalue weighted by atomic mass is 35.5. The van der Waals surface area contributed by atoms with E-state index in [1.54, 1.807) is 24.3 Å². The predicted molar refractivity (Wildman–Crippen MR) is 91.0 cm³/mol. The molecule has 1 aromatic carbocycles. The summed E-state index contributed by atoms with van der Waals surface area (Å²) in [6.07, 6.45) is -2.79. The van der Waals surface area contributed by atoms with Gasteiger partial charge in [-0.15, -0.1) is 11.3 Å². The molecule has 5 nitrogen and oxygen atoms in total. The minimum Gasteiger partial charge on any atom is -0.441 e. The van der Waals surface area contributed by atoms with Crippen LogP contribution >= 0.6 is 22.9 Å². The van der Waals surface area contributed by atoms with Crippen LogP contribution in [0.3, 0.4) is 0 Å². The van der Waals surface area contributed by atoms with Crippen molar-refractivity contribution in [3.05, 3.63) is 52.4 Å². The van der Waals surface area contributed by atoms with Crippen LogP contribution in [0.1, 0.15) is 18.0 Å². The highest BCUT2D eigenvalue weighted by Gasteiger charge is 2.33. The van der Waals surface area contributed by atoms with E-state index in [1.165, 1.54) is 6.20 Å². The van der Waals surface area contributed by atoms with Crippen LogP contribution in [0.25, 0.3) is 11.3 Å². The molecular formula is C16H11ClF3N3O2S. The number of alkyl halides is 3. The zero-order valence-electron chi connectivity index (χ0n) is 13.0.